The Kier molecular flexibility index (Phi) is 7.99. The third-order valence-corrected chi connectivity index (χ3v) is 2.86. The van der Waals surface area contributed by atoms with Crippen molar-refractivity contribution in [1.82, 2.24) is 10.3 Å². The number of unbranched alkanes of at least 4 members (excludes halogenated alkanes) is 1. The van der Waals surface area contributed by atoms with Crippen LogP contribution in [0.5, 0.6) is 11.5 Å². The molecule has 0 radical (unpaired) electrons. The molecule has 0 saturated heterocycles. The van der Waals surface area contributed by atoms with E-state index in [-0.39, 0.29) is 0 Å². The van der Waals surface area contributed by atoms with Crippen LogP contribution in [0.25, 0.3) is 0 Å². The third-order valence-electron chi connectivity index (χ3n) is 2.86. The van der Waals surface area contributed by atoms with Crippen LogP contribution in [0.2, 0.25) is 0 Å². The summed E-state index contributed by atoms with van der Waals surface area (Å²) in [5.41, 5.74) is 0.866. The number of pyridine rings is 1. The quantitative estimate of drug-likeness (QED) is 0.668. The average Bonchev–Trinajstić information content (AvgIpc) is 2.45. The standard InChI is InChI=1S/C15H26N2O3/c1-12(2)20-10-6-5-8-16-11-13-15(19-4)14(18-3)7-9-17-13/h7,9,12,16H,5-6,8,10-11H2,1-4H3. The minimum Gasteiger partial charge on any atom is -0.493 e. The second-order valence-corrected chi connectivity index (χ2v) is 4.80. The Morgan fingerprint density at radius 3 is 2.65 bits per heavy atom. The van der Waals surface area contributed by atoms with Crippen molar-refractivity contribution in [3.63, 3.8) is 0 Å². The van der Waals surface area contributed by atoms with Crippen LogP contribution in [0.1, 0.15) is 32.4 Å². The van der Waals surface area contributed by atoms with Crippen molar-refractivity contribution in [2.24, 2.45) is 0 Å². The first kappa shape index (κ1) is 16.7. The minimum absolute atomic E-state index is 0.313. The summed E-state index contributed by atoms with van der Waals surface area (Å²) >= 11 is 0. The zero-order chi connectivity index (χ0) is 14.8. The van der Waals surface area contributed by atoms with Crippen molar-refractivity contribution in [3.8, 4) is 11.5 Å². The summed E-state index contributed by atoms with van der Waals surface area (Å²) in [6.45, 7) is 6.53. The molecular formula is C15H26N2O3. The van der Waals surface area contributed by atoms with Crippen LogP contribution in [0.3, 0.4) is 0 Å². The lowest BCUT2D eigenvalue weighted by Gasteiger charge is -2.12. The summed E-state index contributed by atoms with van der Waals surface area (Å²) in [6.07, 6.45) is 4.19. The smallest absolute Gasteiger partial charge is 0.183 e. The molecule has 0 aliphatic carbocycles. The van der Waals surface area contributed by atoms with Crippen molar-refractivity contribution in [2.75, 3.05) is 27.4 Å². The molecule has 1 aromatic heterocycles. The van der Waals surface area contributed by atoms with Crippen LogP contribution >= 0.6 is 0 Å². The number of hydrogen-bond donors (Lipinski definition) is 1. The molecule has 0 aliphatic rings. The van der Waals surface area contributed by atoms with E-state index in [2.05, 4.69) is 24.1 Å². The van der Waals surface area contributed by atoms with Gasteiger partial charge in [0.15, 0.2) is 11.5 Å². The Balaban J connectivity index is 2.28. The molecule has 5 nitrogen and oxygen atoms in total. The molecule has 0 aromatic carbocycles. The Bertz CT molecular complexity index is 383. The molecule has 0 atom stereocenters. The third kappa shape index (κ3) is 5.75. The molecule has 0 saturated carbocycles. The molecule has 1 N–H and O–H groups in total. The summed E-state index contributed by atoms with van der Waals surface area (Å²) in [5.74, 6) is 1.41. The fourth-order valence-electron chi connectivity index (χ4n) is 1.85. The molecule has 114 valence electrons. The van der Waals surface area contributed by atoms with Gasteiger partial charge in [0.2, 0.25) is 0 Å². The number of nitrogens with zero attached hydrogens (tertiary/aromatic N) is 1. The van der Waals surface area contributed by atoms with E-state index in [1.807, 2.05) is 0 Å². The maximum Gasteiger partial charge on any atom is 0.183 e. The molecule has 0 fully saturated rings. The summed E-state index contributed by atoms with van der Waals surface area (Å²) in [7, 11) is 3.26. The van der Waals surface area contributed by atoms with E-state index in [0.29, 0.717) is 24.1 Å². The predicted octanol–water partition coefficient (Wildman–Crippen LogP) is 2.39. The van der Waals surface area contributed by atoms with Gasteiger partial charge in [-0.2, -0.15) is 0 Å². The highest BCUT2D eigenvalue weighted by molar-refractivity contribution is 5.42. The number of rotatable bonds is 10. The van der Waals surface area contributed by atoms with E-state index < -0.39 is 0 Å². The van der Waals surface area contributed by atoms with Crippen molar-refractivity contribution in [3.05, 3.63) is 18.0 Å². The van der Waals surface area contributed by atoms with Gasteiger partial charge in [-0.05, 0) is 33.2 Å². The van der Waals surface area contributed by atoms with Gasteiger partial charge in [0.1, 0.15) is 0 Å². The van der Waals surface area contributed by atoms with Gasteiger partial charge in [-0.1, -0.05) is 0 Å². The molecular weight excluding hydrogens is 256 g/mol. The SMILES string of the molecule is COc1ccnc(CNCCCCOC(C)C)c1OC. The van der Waals surface area contributed by atoms with Crippen molar-refractivity contribution in [1.29, 1.82) is 0 Å². The summed E-state index contributed by atoms with van der Waals surface area (Å²) in [5, 5.41) is 3.36. The van der Waals surface area contributed by atoms with Gasteiger partial charge in [0.25, 0.3) is 0 Å². The van der Waals surface area contributed by atoms with Gasteiger partial charge in [-0.15, -0.1) is 0 Å². The van der Waals surface area contributed by atoms with Gasteiger partial charge in [0, 0.05) is 25.4 Å². The molecule has 0 amide bonds. The number of ether oxygens (including phenoxy) is 3. The van der Waals surface area contributed by atoms with Crippen molar-refractivity contribution >= 4 is 0 Å². The lowest BCUT2D eigenvalue weighted by molar-refractivity contribution is 0.0760. The summed E-state index contributed by atoms with van der Waals surface area (Å²) in [4.78, 5) is 4.32. The van der Waals surface area contributed by atoms with Gasteiger partial charge < -0.3 is 19.5 Å². The summed E-state index contributed by atoms with van der Waals surface area (Å²) in [6, 6.07) is 1.80. The van der Waals surface area contributed by atoms with E-state index in [1.165, 1.54) is 0 Å². The number of methoxy groups -OCH3 is 2. The van der Waals surface area contributed by atoms with Crippen LogP contribution in [0, 0.1) is 0 Å². The van der Waals surface area contributed by atoms with E-state index in [0.717, 1.165) is 31.7 Å². The Morgan fingerprint density at radius 1 is 1.20 bits per heavy atom. The minimum atomic E-state index is 0.313. The first-order valence-electron chi connectivity index (χ1n) is 7.07. The number of aromatic nitrogens is 1. The van der Waals surface area contributed by atoms with Crippen LogP contribution in [-0.2, 0) is 11.3 Å². The van der Waals surface area contributed by atoms with Gasteiger partial charge in [0.05, 0.1) is 26.0 Å². The first-order chi connectivity index (χ1) is 9.69. The Labute approximate surface area is 121 Å². The number of hydrogen-bond acceptors (Lipinski definition) is 5. The molecule has 0 unspecified atom stereocenters. The Morgan fingerprint density at radius 2 is 2.00 bits per heavy atom. The van der Waals surface area contributed by atoms with Crippen molar-refractivity contribution < 1.29 is 14.2 Å². The second-order valence-electron chi connectivity index (χ2n) is 4.80. The molecule has 1 rings (SSSR count). The molecule has 1 heterocycles. The van der Waals surface area contributed by atoms with Gasteiger partial charge in [-0.25, -0.2) is 0 Å². The maximum absolute atomic E-state index is 5.50. The van der Waals surface area contributed by atoms with E-state index in [1.54, 1.807) is 26.5 Å². The molecule has 0 aliphatic heterocycles. The normalized spacial score (nSPS) is 10.8. The fraction of sp³-hybridized carbons (Fsp3) is 0.667. The fourth-order valence-corrected chi connectivity index (χ4v) is 1.85. The van der Waals surface area contributed by atoms with Crippen LogP contribution in [0.15, 0.2) is 12.3 Å². The van der Waals surface area contributed by atoms with Crippen molar-refractivity contribution in [2.45, 2.75) is 39.3 Å². The zero-order valence-corrected chi connectivity index (χ0v) is 12.9. The molecule has 1 aromatic rings. The van der Waals surface area contributed by atoms with Crippen LogP contribution in [0.4, 0.5) is 0 Å². The zero-order valence-electron chi connectivity index (χ0n) is 12.9. The Hall–Kier alpha value is -1.33. The molecule has 5 heteroatoms. The lowest BCUT2D eigenvalue weighted by atomic mass is 10.2. The highest BCUT2D eigenvalue weighted by atomic mass is 16.5. The number of nitrogens with one attached hydrogen (secondary N) is 1. The molecule has 0 bridgehead atoms. The summed E-state index contributed by atoms with van der Waals surface area (Å²) < 4.78 is 16.1. The topological polar surface area (TPSA) is 52.6 Å². The largest absolute Gasteiger partial charge is 0.493 e. The molecule has 20 heavy (non-hydrogen) atoms. The van der Waals surface area contributed by atoms with Crippen LogP contribution in [-0.4, -0.2) is 38.5 Å². The lowest BCUT2D eigenvalue weighted by Crippen LogP contribution is -2.17. The van der Waals surface area contributed by atoms with Gasteiger partial charge in [-0.3, -0.25) is 4.98 Å². The predicted molar refractivity (Wildman–Crippen MR) is 79.4 cm³/mol. The second kappa shape index (κ2) is 9.55. The molecule has 0 spiro atoms. The highest BCUT2D eigenvalue weighted by Gasteiger charge is 2.10. The van der Waals surface area contributed by atoms with E-state index >= 15 is 0 Å². The maximum atomic E-state index is 5.50. The average molecular weight is 282 g/mol. The monoisotopic (exact) mass is 282 g/mol. The van der Waals surface area contributed by atoms with E-state index in [9.17, 15) is 0 Å². The first-order valence-corrected chi connectivity index (χ1v) is 7.07. The highest BCUT2D eigenvalue weighted by Crippen LogP contribution is 2.28. The van der Waals surface area contributed by atoms with E-state index in [4.69, 9.17) is 14.2 Å². The van der Waals surface area contributed by atoms with Crippen LogP contribution < -0.4 is 14.8 Å². The van der Waals surface area contributed by atoms with Gasteiger partial charge >= 0.3 is 0 Å².